The highest BCUT2D eigenvalue weighted by molar-refractivity contribution is 8.00. The SMILES string of the molecule is COc1ccc(OC)c(SC(C)C(=O)O)c1. The molecule has 0 heterocycles. The summed E-state index contributed by atoms with van der Waals surface area (Å²) in [5.41, 5.74) is 0. The van der Waals surface area contributed by atoms with Gasteiger partial charge in [0.25, 0.3) is 0 Å². The van der Waals surface area contributed by atoms with E-state index in [1.807, 2.05) is 0 Å². The summed E-state index contributed by atoms with van der Waals surface area (Å²) in [6.45, 7) is 1.63. The molecule has 4 nitrogen and oxygen atoms in total. The molecule has 0 saturated carbocycles. The van der Waals surface area contributed by atoms with Gasteiger partial charge in [0.05, 0.1) is 19.1 Å². The Morgan fingerprint density at radius 3 is 2.56 bits per heavy atom. The summed E-state index contributed by atoms with van der Waals surface area (Å²) in [6.07, 6.45) is 0. The van der Waals surface area contributed by atoms with Crippen LogP contribution in [0.2, 0.25) is 0 Å². The molecule has 0 spiro atoms. The first-order chi connectivity index (χ1) is 7.58. The van der Waals surface area contributed by atoms with Crippen LogP contribution in [-0.4, -0.2) is 30.5 Å². The van der Waals surface area contributed by atoms with Crippen LogP contribution in [0.15, 0.2) is 23.1 Å². The first kappa shape index (κ1) is 12.7. The Balaban J connectivity index is 2.95. The Kier molecular flexibility index (Phi) is 4.49. The number of ether oxygens (including phenoxy) is 2. The normalized spacial score (nSPS) is 11.9. The molecule has 5 heteroatoms. The standard InChI is InChI=1S/C11H14O4S/c1-7(11(12)13)16-10-6-8(14-2)4-5-9(10)15-3/h4-7H,1-3H3,(H,12,13). The Bertz CT molecular complexity index is 378. The molecule has 0 bridgehead atoms. The van der Waals surface area contributed by atoms with Gasteiger partial charge in [0.2, 0.25) is 0 Å². The molecule has 0 saturated heterocycles. The molecule has 0 fully saturated rings. The Labute approximate surface area is 98.6 Å². The highest BCUT2D eigenvalue weighted by Gasteiger charge is 2.15. The molecule has 0 amide bonds. The second kappa shape index (κ2) is 5.65. The maximum absolute atomic E-state index is 10.8. The summed E-state index contributed by atoms with van der Waals surface area (Å²) in [7, 11) is 3.12. The molecule has 0 radical (unpaired) electrons. The molecule has 1 atom stereocenters. The molecule has 0 aliphatic heterocycles. The van der Waals surface area contributed by atoms with Crippen molar-refractivity contribution in [2.45, 2.75) is 17.1 Å². The first-order valence-corrected chi connectivity index (χ1v) is 5.58. The van der Waals surface area contributed by atoms with Gasteiger partial charge in [-0.3, -0.25) is 4.79 Å². The third kappa shape index (κ3) is 3.06. The van der Waals surface area contributed by atoms with Crippen LogP contribution >= 0.6 is 11.8 Å². The summed E-state index contributed by atoms with van der Waals surface area (Å²) in [5.74, 6) is 0.481. The number of benzene rings is 1. The average molecular weight is 242 g/mol. The van der Waals surface area contributed by atoms with E-state index in [-0.39, 0.29) is 0 Å². The van der Waals surface area contributed by atoms with Crippen molar-refractivity contribution in [3.63, 3.8) is 0 Å². The average Bonchev–Trinajstić information content (AvgIpc) is 2.28. The maximum atomic E-state index is 10.8. The molecule has 0 aromatic heterocycles. The molecular formula is C11H14O4S. The van der Waals surface area contributed by atoms with Crippen molar-refractivity contribution >= 4 is 17.7 Å². The zero-order chi connectivity index (χ0) is 12.1. The van der Waals surface area contributed by atoms with Gasteiger partial charge in [-0.25, -0.2) is 0 Å². The summed E-state index contributed by atoms with van der Waals surface area (Å²) >= 11 is 1.23. The van der Waals surface area contributed by atoms with Gasteiger partial charge in [0.15, 0.2) is 0 Å². The Morgan fingerprint density at radius 1 is 1.38 bits per heavy atom. The van der Waals surface area contributed by atoms with Gasteiger partial charge in [-0.15, -0.1) is 11.8 Å². The number of methoxy groups -OCH3 is 2. The van der Waals surface area contributed by atoms with E-state index in [9.17, 15) is 4.79 Å². The van der Waals surface area contributed by atoms with Crippen molar-refractivity contribution in [2.24, 2.45) is 0 Å². The largest absolute Gasteiger partial charge is 0.497 e. The van der Waals surface area contributed by atoms with Gasteiger partial charge in [-0.05, 0) is 25.1 Å². The molecule has 0 aliphatic carbocycles. The number of hydrogen-bond donors (Lipinski definition) is 1. The molecule has 1 N–H and O–H groups in total. The van der Waals surface area contributed by atoms with E-state index in [1.54, 1.807) is 39.3 Å². The van der Waals surface area contributed by atoms with E-state index in [0.717, 1.165) is 4.90 Å². The third-order valence-corrected chi connectivity index (χ3v) is 3.15. The Hall–Kier alpha value is -1.36. The summed E-state index contributed by atoms with van der Waals surface area (Å²) < 4.78 is 10.2. The lowest BCUT2D eigenvalue weighted by Gasteiger charge is -2.11. The van der Waals surface area contributed by atoms with Crippen molar-refractivity contribution in [2.75, 3.05) is 14.2 Å². The monoisotopic (exact) mass is 242 g/mol. The molecule has 16 heavy (non-hydrogen) atoms. The van der Waals surface area contributed by atoms with Crippen LogP contribution in [0.25, 0.3) is 0 Å². The second-order valence-electron chi connectivity index (χ2n) is 3.12. The molecule has 1 aromatic rings. The lowest BCUT2D eigenvalue weighted by molar-refractivity contribution is -0.136. The number of thioether (sulfide) groups is 1. The van der Waals surface area contributed by atoms with Gasteiger partial charge in [-0.2, -0.15) is 0 Å². The van der Waals surface area contributed by atoms with Crippen LogP contribution in [0.4, 0.5) is 0 Å². The molecular weight excluding hydrogens is 228 g/mol. The van der Waals surface area contributed by atoms with Gasteiger partial charge in [-0.1, -0.05) is 0 Å². The van der Waals surface area contributed by atoms with Crippen LogP contribution in [0, 0.1) is 0 Å². The lowest BCUT2D eigenvalue weighted by atomic mass is 10.3. The zero-order valence-corrected chi connectivity index (χ0v) is 10.2. The predicted molar refractivity (Wildman–Crippen MR) is 62.5 cm³/mol. The fourth-order valence-corrected chi connectivity index (χ4v) is 2.05. The highest BCUT2D eigenvalue weighted by Crippen LogP contribution is 2.35. The summed E-state index contributed by atoms with van der Waals surface area (Å²) in [6, 6.07) is 5.30. The van der Waals surface area contributed by atoms with E-state index in [2.05, 4.69) is 0 Å². The fourth-order valence-electron chi connectivity index (χ4n) is 1.12. The van der Waals surface area contributed by atoms with Crippen molar-refractivity contribution in [3.8, 4) is 11.5 Å². The second-order valence-corrected chi connectivity index (χ2v) is 4.50. The van der Waals surface area contributed by atoms with Gasteiger partial charge in [0, 0.05) is 0 Å². The minimum atomic E-state index is -0.852. The Morgan fingerprint density at radius 2 is 2.06 bits per heavy atom. The van der Waals surface area contributed by atoms with Crippen LogP contribution in [-0.2, 0) is 4.79 Å². The van der Waals surface area contributed by atoms with Crippen LogP contribution in [0.5, 0.6) is 11.5 Å². The van der Waals surface area contributed by atoms with Crippen molar-refractivity contribution in [3.05, 3.63) is 18.2 Å². The number of hydrogen-bond acceptors (Lipinski definition) is 4. The van der Waals surface area contributed by atoms with Gasteiger partial charge in [0.1, 0.15) is 16.7 Å². The number of carboxylic acid groups (broad SMARTS) is 1. The van der Waals surface area contributed by atoms with E-state index >= 15 is 0 Å². The van der Waals surface area contributed by atoms with E-state index in [1.165, 1.54) is 11.8 Å². The van der Waals surface area contributed by atoms with E-state index < -0.39 is 11.2 Å². The minimum absolute atomic E-state index is 0.527. The quantitative estimate of drug-likeness (QED) is 0.803. The lowest BCUT2D eigenvalue weighted by Crippen LogP contribution is -2.11. The molecule has 1 aromatic carbocycles. The zero-order valence-electron chi connectivity index (χ0n) is 9.39. The van der Waals surface area contributed by atoms with Crippen LogP contribution in [0.1, 0.15) is 6.92 Å². The molecule has 1 unspecified atom stereocenters. The van der Waals surface area contributed by atoms with E-state index in [0.29, 0.717) is 11.5 Å². The number of carboxylic acids is 1. The van der Waals surface area contributed by atoms with Gasteiger partial charge >= 0.3 is 5.97 Å². The van der Waals surface area contributed by atoms with Crippen molar-refractivity contribution < 1.29 is 19.4 Å². The predicted octanol–water partition coefficient (Wildman–Crippen LogP) is 2.27. The van der Waals surface area contributed by atoms with Crippen LogP contribution in [0.3, 0.4) is 0 Å². The minimum Gasteiger partial charge on any atom is -0.497 e. The number of carbonyl (C=O) groups is 1. The summed E-state index contributed by atoms with van der Waals surface area (Å²) in [4.78, 5) is 11.5. The smallest absolute Gasteiger partial charge is 0.316 e. The van der Waals surface area contributed by atoms with Gasteiger partial charge < -0.3 is 14.6 Å². The van der Waals surface area contributed by atoms with Crippen molar-refractivity contribution in [1.82, 2.24) is 0 Å². The topological polar surface area (TPSA) is 55.8 Å². The van der Waals surface area contributed by atoms with Crippen LogP contribution < -0.4 is 9.47 Å². The number of rotatable bonds is 5. The molecule has 88 valence electrons. The maximum Gasteiger partial charge on any atom is 0.316 e. The summed E-state index contributed by atoms with van der Waals surface area (Å²) in [5, 5.41) is 8.31. The third-order valence-electron chi connectivity index (χ3n) is 2.02. The molecule has 1 rings (SSSR count). The first-order valence-electron chi connectivity index (χ1n) is 4.70. The molecule has 0 aliphatic rings. The van der Waals surface area contributed by atoms with E-state index in [4.69, 9.17) is 14.6 Å². The highest BCUT2D eigenvalue weighted by atomic mass is 32.2. The fraction of sp³-hybridized carbons (Fsp3) is 0.364. The van der Waals surface area contributed by atoms with Crippen molar-refractivity contribution in [1.29, 1.82) is 0 Å². The number of aliphatic carboxylic acids is 1.